The summed E-state index contributed by atoms with van der Waals surface area (Å²) >= 11 is 0. The van der Waals surface area contributed by atoms with Crippen molar-refractivity contribution < 1.29 is 19.1 Å². The molecule has 6 nitrogen and oxygen atoms in total. The molecule has 2 N–H and O–H groups in total. The molecule has 0 amide bonds. The van der Waals surface area contributed by atoms with Crippen LogP contribution in [0.3, 0.4) is 0 Å². The van der Waals surface area contributed by atoms with Gasteiger partial charge in [-0.25, -0.2) is 0 Å². The van der Waals surface area contributed by atoms with E-state index < -0.39 is 0 Å². The van der Waals surface area contributed by atoms with Gasteiger partial charge in [0.2, 0.25) is 0 Å². The Balaban J connectivity index is 4.33. The fraction of sp³-hybridized carbons (Fsp3) is 0.953. The Morgan fingerprint density at radius 1 is 0.449 bits per heavy atom. The van der Waals surface area contributed by atoms with Crippen molar-refractivity contribution in [2.75, 3.05) is 26.2 Å². The lowest BCUT2D eigenvalue weighted by Crippen LogP contribution is -2.28. The molecule has 0 aromatic rings. The highest BCUT2D eigenvalue weighted by Gasteiger charge is 2.15. The van der Waals surface area contributed by atoms with Crippen molar-refractivity contribution in [2.45, 2.75) is 239 Å². The van der Waals surface area contributed by atoms with Gasteiger partial charge in [-0.3, -0.25) is 9.59 Å². The molecule has 0 rings (SSSR count). The number of nitrogens with zero attached hydrogens (tertiary/aromatic N) is 1. The molecule has 0 aliphatic rings. The number of nitrogens with two attached hydrogens (primary N) is 1. The van der Waals surface area contributed by atoms with E-state index in [9.17, 15) is 9.59 Å². The zero-order valence-corrected chi connectivity index (χ0v) is 33.6. The summed E-state index contributed by atoms with van der Waals surface area (Å²) in [5, 5.41) is 0. The molecule has 292 valence electrons. The van der Waals surface area contributed by atoms with Gasteiger partial charge in [-0.1, -0.05) is 137 Å². The maximum Gasteiger partial charge on any atom is 0.306 e. The van der Waals surface area contributed by atoms with Crippen LogP contribution >= 0.6 is 0 Å². The number of esters is 2. The van der Waals surface area contributed by atoms with E-state index in [1.54, 1.807) is 0 Å². The molecule has 6 heteroatoms. The van der Waals surface area contributed by atoms with Gasteiger partial charge in [0.25, 0.3) is 0 Å². The molecule has 0 heterocycles. The summed E-state index contributed by atoms with van der Waals surface area (Å²) in [5.74, 6) is -0.00398. The Hall–Kier alpha value is -1.14. The number of hydrogen-bond acceptors (Lipinski definition) is 6. The lowest BCUT2D eigenvalue weighted by molar-refractivity contribution is -0.150. The number of ether oxygens (including phenoxy) is 2. The highest BCUT2D eigenvalue weighted by molar-refractivity contribution is 5.69. The van der Waals surface area contributed by atoms with Crippen molar-refractivity contribution in [1.82, 2.24) is 4.90 Å². The molecular weight excluding hydrogens is 608 g/mol. The molecule has 0 unspecified atom stereocenters. The van der Waals surface area contributed by atoms with E-state index in [4.69, 9.17) is 15.2 Å². The summed E-state index contributed by atoms with van der Waals surface area (Å²) in [5.41, 5.74) is 5.78. The van der Waals surface area contributed by atoms with E-state index in [1.807, 2.05) is 0 Å². The first-order valence-corrected chi connectivity index (χ1v) is 21.8. The van der Waals surface area contributed by atoms with Crippen LogP contribution in [0.4, 0.5) is 0 Å². The van der Waals surface area contributed by atoms with E-state index in [1.165, 1.54) is 122 Å². The summed E-state index contributed by atoms with van der Waals surface area (Å²) in [6, 6.07) is 0. The first kappa shape index (κ1) is 47.9. The molecule has 0 saturated heterocycles. The molecule has 0 bridgehead atoms. The van der Waals surface area contributed by atoms with Gasteiger partial charge < -0.3 is 20.1 Å². The minimum Gasteiger partial charge on any atom is -0.462 e. The van der Waals surface area contributed by atoms with Crippen LogP contribution in [-0.4, -0.2) is 55.2 Å². The topological polar surface area (TPSA) is 81.9 Å². The van der Waals surface area contributed by atoms with Crippen LogP contribution in [0.25, 0.3) is 0 Å². The highest BCUT2D eigenvalue weighted by Crippen LogP contribution is 2.19. The van der Waals surface area contributed by atoms with Crippen molar-refractivity contribution in [1.29, 1.82) is 0 Å². The third-order valence-electron chi connectivity index (χ3n) is 10.2. The van der Waals surface area contributed by atoms with E-state index in [0.29, 0.717) is 12.8 Å². The molecule has 0 spiro atoms. The molecule has 0 aliphatic carbocycles. The maximum absolute atomic E-state index is 12.9. The number of carbonyl (C=O) groups excluding carboxylic acids is 2. The first-order valence-electron chi connectivity index (χ1n) is 21.8. The Bertz CT molecular complexity index is 681. The average Bonchev–Trinajstić information content (AvgIpc) is 3.10. The van der Waals surface area contributed by atoms with Crippen molar-refractivity contribution in [3.63, 3.8) is 0 Å². The zero-order valence-electron chi connectivity index (χ0n) is 33.6. The van der Waals surface area contributed by atoms with Gasteiger partial charge in [0.05, 0.1) is 0 Å². The van der Waals surface area contributed by atoms with Gasteiger partial charge >= 0.3 is 11.9 Å². The molecule has 0 aliphatic heterocycles. The third-order valence-corrected chi connectivity index (χ3v) is 10.2. The van der Waals surface area contributed by atoms with Gasteiger partial charge in [0.15, 0.2) is 0 Å². The van der Waals surface area contributed by atoms with Gasteiger partial charge in [-0.2, -0.15) is 0 Å². The van der Waals surface area contributed by atoms with E-state index >= 15 is 0 Å². The van der Waals surface area contributed by atoms with Crippen LogP contribution in [0.1, 0.15) is 227 Å². The van der Waals surface area contributed by atoms with Crippen molar-refractivity contribution in [3.05, 3.63) is 0 Å². The van der Waals surface area contributed by atoms with Gasteiger partial charge in [-0.15, -0.1) is 0 Å². The fourth-order valence-corrected chi connectivity index (χ4v) is 6.77. The molecule has 0 aromatic heterocycles. The third kappa shape index (κ3) is 33.7. The molecule has 0 fully saturated rings. The molecular formula is C43H86N2O4. The number of carbonyl (C=O) groups is 2. The summed E-state index contributed by atoms with van der Waals surface area (Å²) in [4.78, 5) is 27.5. The normalized spacial score (nSPS) is 11.7. The van der Waals surface area contributed by atoms with Crippen LogP contribution in [0.2, 0.25) is 0 Å². The SMILES string of the molecule is CCCCCCCCCC(CCCCCCCCC)OC(=O)CCCCN(CCCCN)CCCCCCCCCC(=O)OC(CC)CC. The van der Waals surface area contributed by atoms with Crippen LogP contribution in [-0.2, 0) is 19.1 Å². The van der Waals surface area contributed by atoms with E-state index in [2.05, 4.69) is 32.6 Å². The Kier molecular flexibility index (Phi) is 37.2. The van der Waals surface area contributed by atoms with Crippen molar-refractivity contribution in [3.8, 4) is 0 Å². The largest absolute Gasteiger partial charge is 0.462 e. The quantitative estimate of drug-likeness (QED) is 0.0509. The predicted octanol–water partition coefficient (Wildman–Crippen LogP) is 12.2. The molecule has 0 atom stereocenters. The summed E-state index contributed by atoms with van der Waals surface area (Å²) < 4.78 is 11.6. The maximum atomic E-state index is 12.9. The standard InChI is InChI=1S/C43H86N2O4/c1-5-9-11-13-16-20-24-32-41(33-25-21-17-14-12-10-6-2)49-43(47)35-27-30-38-45(39-31-28-36-44)37-29-23-19-15-18-22-26-34-42(46)48-40(7-3)8-4/h40-41H,5-39,44H2,1-4H3. The van der Waals surface area contributed by atoms with E-state index in [-0.39, 0.29) is 24.1 Å². The minimum absolute atomic E-state index is 0.0218. The average molecular weight is 695 g/mol. The summed E-state index contributed by atoms with van der Waals surface area (Å²) in [6.07, 6.45) is 35.9. The molecule has 49 heavy (non-hydrogen) atoms. The Morgan fingerprint density at radius 2 is 0.796 bits per heavy atom. The number of hydrogen-bond donors (Lipinski definition) is 1. The monoisotopic (exact) mass is 695 g/mol. The summed E-state index contributed by atoms with van der Waals surface area (Å²) in [7, 11) is 0. The van der Waals surface area contributed by atoms with Crippen LogP contribution < -0.4 is 5.73 Å². The second-order valence-corrected chi connectivity index (χ2v) is 14.9. The van der Waals surface area contributed by atoms with Crippen LogP contribution in [0, 0.1) is 0 Å². The fourth-order valence-electron chi connectivity index (χ4n) is 6.77. The number of rotatable bonds is 39. The predicted molar refractivity (Wildman–Crippen MR) is 211 cm³/mol. The lowest BCUT2D eigenvalue weighted by Gasteiger charge is -2.22. The summed E-state index contributed by atoms with van der Waals surface area (Å²) in [6.45, 7) is 12.8. The van der Waals surface area contributed by atoms with Gasteiger partial charge in [0.1, 0.15) is 12.2 Å². The zero-order chi connectivity index (χ0) is 36.0. The first-order chi connectivity index (χ1) is 24.0. The van der Waals surface area contributed by atoms with Gasteiger partial charge in [-0.05, 0) is 103 Å². The smallest absolute Gasteiger partial charge is 0.306 e. The molecule has 0 saturated carbocycles. The van der Waals surface area contributed by atoms with E-state index in [0.717, 1.165) is 90.4 Å². The highest BCUT2D eigenvalue weighted by atomic mass is 16.5. The van der Waals surface area contributed by atoms with Crippen LogP contribution in [0.15, 0.2) is 0 Å². The second-order valence-electron chi connectivity index (χ2n) is 14.9. The minimum atomic E-state index is -0.0258. The van der Waals surface area contributed by atoms with Crippen molar-refractivity contribution >= 4 is 11.9 Å². The van der Waals surface area contributed by atoms with Crippen molar-refractivity contribution in [2.24, 2.45) is 5.73 Å². The Labute approximate surface area is 306 Å². The second kappa shape index (κ2) is 38.1. The van der Waals surface area contributed by atoms with Crippen LogP contribution in [0.5, 0.6) is 0 Å². The molecule has 0 aromatic carbocycles. The lowest BCUT2D eigenvalue weighted by atomic mass is 10.0. The Morgan fingerprint density at radius 3 is 1.24 bits per heavy atom. The van der Waals surface area contributed by atoms with Gasteiger partial charge in [0, 0.05) is 12.8 Å². The number of unbranched alkanes of at least 4 members (excludes halogenated alkanes) is 20. The molecule has 0 radical (unpaired) electrons.